The minimum atomic E-state index is -0.832. The maximum atomic E-state index is 14.4. The molecule has 0 radical (unpaired) electrons. The van der Waals surface area contributed by atoms with Crippen molar-refractivity contribution >= 4 is 23.4 Å². The van der Waals surface area contributed by atoms with E-state index in [0.29, 0.717) is 44.2 Å². The van der Waals surface area contributed by atoms with Crippen molar-refractivity contribution in [2.24, 2.45) is 0 Å². The molecule has 1 aromatic carbocycles. The van der Waals surface area contributed by atoms with Crippen molar-refractivity contribution < 1.29 is 13.9 Å². The molecule has 2 saturated heterocycles. The first-order valence-corrected chi connectivity index (χ1v) is 8.73. The predicted molar refractivity (Wildman–Crippen MR) is 87.2 cm³/mol. The minimum absolute atomic E-state index is 0.242. The predicted octanol–water partition coefficient (Wildman–Crippen LogP) is 1.79. The highest BCUT2D eigenvalue weighted by Crippen LogP contribution is 2.28. The largest absolute Gasteiger partial charge is 0.378 e. The molecule has 1 atom stereocenters. The van der Waals surface area contributed by atoms with Crippen LogP contribution in [0.15, 0.2) is 18.2 Å². The number of nitrogens with zero attached hydrogens (tertiary/aromatic N) is 2. The molecular weight excluding hydrogens is 317 g/mol. The van der Waals surface area contributed by atoms with Gasteiger partial charge in [0.2, 0.25) is 0 Å². The number of carbonyl (C=O) groups is 1. The van der Waals surface area contributed by atoms with E-state index in [-0.39, 0.29) is 5.56 Å². The lowest BCUT2D eigenvalue weighted by molar-refractivity contribution is 0.0925. The topological polar surface area (TPSA) is 65.4 Å². The van der Waals surface area contributed by atoms with Gasteiger partial charge in [-0.3, -0.25) is 4.79 Å². The van der Waals surface area contributed by atoms with Crippen LogP contribution in [0.2, 0.25) is 0 Å². The normalized spacial score (nSPS) is 24.3. The summed E-state index contributed by atoms with van der Waals surface area (Å²) >= 11 is 1.64. The van der Waals surface area contributed by atoms with Crippen LogP contribution in [0, 0.1) is 17.1 Å². The van der Waals surface area contributed by atoms with Crippen LogP contribution in [0.25, 0.3) is 0 Å². The molecule has 1 N–H and O–H groups in total. The fraction of sp³-hybridized carbons (Fsp3) is 0.500. The van der Waals surface area contributed by atoms with Crippen LogP contribution >= 0.6 is 11.8 Å². The van der Waals surface area contributed by atoms with Crippen LogP contribution in [0.5, 0.6) is 0 Å². The van der Waals surface area contributed by atoms with E-state index in [2.05, 4.69) is 11.4 Å². The second-order valence-corrected chi connectivity index (χ2v) is 6.82. The lowest BCUT2D eigenvalue weighted by Crippen LogP contribution is -2.47. The van der Waals surface area contributed by atoms with Gasteiger partial charge in [0.1, 0.15) is 11.4 Å². The average molecular weight is 335 g/mol. The van der Waals surface area contributed by atoms with Crippen molar-refractivity contribution in [3.8, 4) is 6.07 Å². The Kier molecular flexibility index (Phi) is 4.74. The maximum Gasteiger partial charge on any atom is 0.252 e. The van der Waals surface area contributed by atoms with Gasteiger partial charge < -0.3 is 15.0 Å². The zero-order chi connectivity index (χ0) is 16.3. The third-order valence-corrected chi connectivity index (χ3v) is 5.34. The third-order valence-electron chi connectivity index (χ3n) is 4.15. The van der Waals surface area contributed by atoms with E-state index in [9.17, 15) is 14.4 Å². The summed E-state index contributed by atoms with van der Waals surface area (Å²) in [6.45, 7) is 2.42. The van der Waals surface area contributed by atoms with Crippen molar-refractivity contribution in [3.63, 3.8) is 0 Å². The molecule has 0 spiro atoms. The van der Waals surface area contributed by atoms with Crippen molar-refractivity contribution in [1.82, 2.24) is 5.32 Å². The third kappa shape index (κ3) is 3.43. The molecule has 7 heteroatoms. The molecule has 3 rings (SSSR count). The van der Waals surface area contributed by atoms with Gasteiger partial charge in [0.15, 0.2) is 0 Å². The number of benzene rings is 1. The van der Waals surface area contributed by atoms with E-state index >= 15 is 0 Å². The first-order chi connectivity index (χ1) is 11.1. The zero-order valence-corrected chi connectivity index (χ0v) is 13.5. The highest BCUT2D eigenvalue weighted by molar-refractivity contribution is 7.99. The molecule has 0 unspecified atom stereocenters. The number of ether oxygens (including phenoxy) is 1. The van der Waals surface area contributed by atoms with Crippen molar-refractivity contribution in [3.05, 3.63) is 29.6 Å². The Bertz CT molecular complexity index is 635. The Morgan fingerprint density at radius 3 is 2.83 bits per heavy atom. The highest BCUT2D eigenvalue weighted by Gasteiger charge is 2.36. The Morgan fingerprint density at radius 2 is 2.22 bits per heavy atom. The number of morpholine rings is 1. The van der Waals surface area contributed by atoms with E-state index in [4.69, 9.17) is 4.74 Å². The summed E-state index contributed by atoms with van der Waals surface area (Å²) in [7, 11) is 0. The molecule has 23 heavy (non-hydrogen) atoms. The van der Waals surface area contributed by atoms with Crippen LogP contribution in [0.1, 0.15) is 16.8 Å². The Hall–Kier alpha value is -1.78. The number of halogens is 1. The average Bonchev–Trinajstić information content (AvgIpc) is 3.04. The summed E-state index contributed by atoms with van der Waals surface area (Å²) in [6.07, 6.45) is 0.619. The minimum Gasteiger partial charge on any atom is -0.378 e. The standard InChI is InChI=1S/C16H18FN3O2S/c17-13-9-12(1-2-14(13)20-4-6-22-7-5-20)15(21)19-16(10-18)3-8-23-11-16/h1-2,9H,3-8,11H2,(H,19,21)/t16-/m1/s1. The van der Waals surface area contributed by atoms with Gasteiger partial charge in [0.25, 0.3) is 5.91 Å². The first-order valence-electron chi connectivity index (χ1n) is 7.57. The number of amides is 1. The summed E-state index contributed by atoms with van der Waals surface area (Å²) in [6, 6.07) is 6.66. The van der Waals surface area contributed by atoms with E-state index in [1.807, 2.05) is 4.90 Å². The van der Waals surface area contributed by atoms with Gasteiger partial charge in [0.05, 0.1) is 25.0 Å². The molecule has 0 aromatic heterocycles. The monoisotopic (exact) mass is 335 g/mol. The van der Waals surface area contributed by atoms with Gasteiger partial charge in [-0.05, 0) is 30.4 Å². The number of nitriles is 1. The number of nitrogens with one attached hydrogen (secondary N) is 1. The number of hydrogen-bond acceptors (Lipinski definition) is 5. The van der Waals surface area contributed by atoms with Gasteiger partial charge in [0, 0.05) is 24.4 Å². The Morgan fingerprint density at radius 1 is 1.43 bits per heavy atom. The van der Waals surface area contributed by atoms with Crippen LogP contribution in [0.3, 0.4) is 0 Å². The van der Waals surface area contributed by atoms with Gasteiger partial charge in [-0.25, -0.2) is 4.39 Å². The molecule has 5 nitrogen and oxygen atoms in total. The lowest BCUT2D eigenvalue weighted by Gasteiger charge is -2.29. The van der Waals surface area contributed by atoms with Gasteiger partial charge >= 0.3 is 0 Å². The fourth-order valence-corrected chi connectivity index (χ4v) is 4.04. The molecule has 1 aromatic rings. The molecule has 2 fully saturated rings. The lowest BCUT2D eigenvalue weighted by atomic mass is 10.0. The quantitative estimate of drug-likeness (QED) is 0.912. The number of rotatable bonds is 3. The summed E-state index contributed by atoms with van der Waals surface area (Å²) in [5.41, 5.74) is -0.108. The molecule has 2 aliphatic heterocycles. The van der Waals surface area contributed by atoms with Gasteiger partial charge in [-0.2, -0.15) is 17.0 Å². The van der Waals surface area contributed by atoms with Crippen molar-refractivity contribution in [1.29, 1.82) is 5.26 Å². The number of anilines is 1. The molecule has 0 saturated carbocycles. The summed E-state index contributed by atoms with van der Waals surface area (Å²) in [5, 5.41) is 12.1. The molecule has 0 bridgehead atoms. The van der Waals surface area contributed by atoms with E-state index in [0.717, 1.165) is 5.75 Å². The first kappa shape index (κ1) is 16.1. The molecule has 1 amide bonds. The van der Waals surface area contributed by atoms with Crippen LogP contribution in [-0.4, -0.2) is 49.3 Å². The Labute approximate surface area is 138 Å². The number of hydrogen-bond donors (Lipinski definition) is 1. The molecule has 2 heterocycles. The van der Waals surface area contributed by atoms with Gasteiger partial charge in [-0.15, -0.1) is 0 Å². The summed E-state index contributed by atoms with van der Waals surface area (Å²) < 4.78 is 19.6. The Balaban J connectivity index is 1.74. The van der Waals surface area contributed by atoms with Crippen LogP contribution in [-0.2, 0) is 4.74 Å². The summed E-state index contributed by atoms with van der Waals surface area (Å²) in [5.74, 6) is 0.592. The van der Waals surface area contributed by atoms with E-state index in [1.165, 1.54) is 6.07 Å². The fourth-order valence-electron chi connectivity index (χ4n) is 2.78. The van der Waals surface area contributed by atoms with Crippen LogP contribution < -0.4 is 10.2 Å². The van der Waals surface area contributed by atoms with Crippen LogP contribution in [0.4, 0.5) is 10.1 Å². The zero-order valence-electron chi connectivity index (χ0n) is 12.7. The van der Waals surface area contributed by atoms with Crippen molar-refractivity contribution in [2.75, 3.05) is 42.7 Å². The maximum absolute atomic E-state index is 14.4. The highest BCUT2D eigenvalue weighted by atomic mass is 32.2. The molecular formula is C16H18FN3O2S. The van der Waals surface area contributed by atoms with E-state index in [1.54, 1.807) is 23.9 Å². The SMILES string of the molecule is N#C[C@]1(NC(=O)c2ccc(N3CCOCC3)c(F)c2)CCSC1. The number of carbonyl (C=O) groups excluding carboxylic acids is 1. The second-order valence-electron chi connectivity index (χ2n) is 5.72. The second kappa shape index (κ2) is 6.77. The molecule has 0 aliphatic carbocycles. The van der Waals surface area contributed by atoms with Gasteiger partial charge in [-0.1, -0.05) is 0 Å². The smallest absolute Gasteiger partial charge is 0.252 e. The summed E-state index contributed by atoms with van der Waals surface area (Å²) in [4.78, 5) is 14.2. The molecule has 122 valence electrons. The number of thioether (sulfide) groups is 1. The van der Waals surface area contributed by atoms with Crippen molar-refractivity contribution in [2.45, 2.75) is 12.0 Å². The van der Waals surface area contributed by atoms with E-state index < -0.39 is 17.3 Å². The molecule has 2 aliphatic rings.